The van der Waals surface area contributed by atoms with E-state index in [2.05, 4.69) is 22.1 Å². The summed E-state index contributed by atoms with van der Waals surface area (Å²) in [5.74, 6) is 0.476. The number of piperidine rings is 3. The molecule has 4 bridgehead atoms. The Kier molecular flexibility index (Phi) is 5.12. The summed E-state index contributed by atoms with van der Waals surface area (Å²) in [4.78, 5) is 31.8. The highest BCUT2D eigenvalue weighted by Crippen LogP contribution is 2.54. The lowest BCUT2D eigenvalue weighted by atomic mass is 9.66. The van der Waals surface area contributed by atoms with E-state index in [9.17, 15) is 9.59 Å². The van der Waals surface area contributed by atoms with Crippen molar-refractivity contribution in [1.29, 1.82) is 0 Å². The zero-order valence-electron chi connectivity index (χ0n) is 19.1. The Morgan fingerprint density at radius 1 is 1.21 bits per heavy atom. The molecule has 5 aliphatic heterocycles. The predicted molar refractivity (Wildman–Crippen MR) is 127 cm³/mol. The van der Waals surface area contributed by atoms with Crippen LogP contribution in [0.5, 0.6) is 5.75 Å². The lowest BCUT2D eigenvalue weighted by Gasteiger charge is -2.64. The van der Waals surface area contributed by atoms with Crippen LogP contribution in [-0.4, -0.2) is 46.6 Å². The average molecular weight is 458 g/mol. The average Bonchev–Trinajstić information content (AvgIpc) is 2.88. The fourth-order valence-electron chi connectivity index (χ4n) is 6.07. The highest BCUT2D eigenvalue weighted by molar-refractivity contribution is 6.03. The van der Waals surface area contributed by atoms with Crippen molar-refractivity contribution in [3.05, 3.63) is 71.9 Å². The molecule has 8 rings (SSSR count). The number of hydrogen-bond donors (Lipinski definition) is 1. The molecular formula is C27H27N3O4. The van der Waals surface area contributed by atoms with Crippen LogP contribution < -0.4 is 10.1 Å². The summed E-state index contributed by atoms with van der Waals surface area (Å²) in [5, 5.41) is 3.18. The van der Waals surface area contributed by atoms with Crippen LogP contribution in [-0.2, 0) is 4.74 Å². The van der Waals surface area contributed by atoms with E-state index in [0.29, 0.717) is 23.3 Å². The van der Waals surface area contributed by atoms with Crippen molar-refractivity contribution in [2.24, 2.45) is 5.92 Å². The second-order valence-electron chi connectivity index (χ2n) is 9.50. The van der Waals surface area contributed by atoms with E-state index in [-0.39, 0.29) is 11.7 Å². The Hall–Kier alpha value is -3.29. The smallest absolute Gasteiger partial charge is 0.410 e. The van der Waals surface area contributed by atoms with E-state index < -0.39 is 12.0 Å². The first kappa shape index (κ1) is 21.3. The molecule has 34 heavy (non-hydrogen) atoms. The first-order valence-corrected chi connectivity index (χ1v) is 11.9. The Morgan fingerprint density at radius 2 is 2.06 bits per heavy atom. The topological polar surface area (TPSA) is 80.8 Å². The van der Waals surface area contributed by atoms with Crippen molar-refractivity contribution < 1.29 is 19.1 Å². The highest BCUT2D eigenvalue weighted by atomic mass is 16.6. The molecule has 0 spiro atoms. The fraction of sp³-hybridized carbons (Fsp3) is 0.370. The fourth-order valence-corrected chi connectivity index (χ4v) is 6.07. The van der Waals surface area contributed by atoms with E-state index in [0.717, 1.165) is 42.4 Å². The normalized spacial score (nSPS) is 29.2. The summed E-state index contributed by atoms with van der Waals surface area (Å²) in [6.45, 7) is 4.37. The molecule has 0 saturated carbocycles. The quantitative estimate of drug-likeness (QED) is 0.622. The van der Waals surface area contributed by atoms with Gasteiger partial charge in [-0.15, -0.1) is 0 Å². The van der Waals surface area contributed by atoms with Crippen molar-refractivity contribution in [2.45, 2.75) is 43.9 Å². The molecule has 1 aromatic heterocycles. The third kappa shape index (κ3) is 3.47. The Morgan fingerprint density at radius 3 is 2.82 bits per heavy atom. The molecule has 5 saturated heterocycles. The summed E-state index contributed by atoms with van der Waals surface area (Å²) in [5.41, 5.74) is 2.20. The number of benzene rings is 2. The number of aromatic nitrogens is 1. The van der Waals surface area contributed by atoms with Crippen molar-refractivity contribution in [2.75, 3.05) is 13.1 Å². The van der Waals surface area contributed by atoms with Gasteiger partial charge < -0.3 is 9.47 Å². The summed E-state index contributed by atoms with van der Waals surface area (Å²) in [6, 6.07) is 16.3. The molecule has 0 aliphatic carbocycles. The van der Waals surface area contributed by atoms with Gasteiger partial charge in [0.1, 0.15) is 5.75 Å². The van der Waals surface area contributed by atoms with E-state index in [1.807, 2.05) is 30.5 Å². The monoisotopic (exact) mass is 457 g/mol. The second kappa shape index (κ2) is 8.18. The van der Waals surface area contributed by atoms with Crippen LogP contribution in [0.25, 0.3) is 10.9 Å². The van der Waals surface area contributed by atoms with E-state index in [1.165, 1.54) is 6.42 Å². The molecule has 2 aromatic carbocycles. The Labute approximate surface area is 198 Å². The SMILES string of the molecule is CC[C@]12CN3CC[C@H]1C[C@@H]3[C@H](c1ccnc3ccc(OC(=O)NC(=O)c4ccccc4)cc13)O2. The summed E-state index contributed by atoms with van der Waals surface area (Å²) in [6.07, 6.45) is 4.33. The number of rotatable bonds is 4. The number of imide groups is 1. The maximum atomic E-state index is 12.4. The van der Waals surface area contributed by atoms with E-state index in [1.54, 1.807) is 30.3 Å². The highest BCUT2D eigenvalue weighted by Gasteiger charge is 2.58. The zero-order chi connectivity index (χ0) is 23.3. The van der Waals surface area contributed by atoms with Crippen LogP contribution in [0.15, 0.2) is 60.8 Å². The van der Waals surface area contributed by atoms with Gasteiger partial charge in [0.25, 0.3) is 5.91 Å². The molecule has 7 nitrogen and oxygen atoms in total. The predicted octanol–water partition coefficient (Wildman–Crippen LogP) is 4.48. The lowest BCUT2D eigenvalue weighted by Crippen LogP contribution is -2.70. The van der Waals surface area contributed by atoms with Crippen LogP contribution in [0, 0.1) is 5.92 Å². The van der Waals surface area contributed by atoms with Gasteiger partial charge in [0.15, 0.2) is 0 Å². The van der Waals surface area contributed by atoms with Crippen LogP contribution in [0.1, 0.15) is 48.2 Å². The first-order valence-electron chi connectivity index (χ1n) is 11.9. The number of fused-ring (bicyclic) bond motifs is 3. The van der Waals surface area contributed by atoms with Gasteiger partial charge in [-0.1, -0.05) is 25.1 Å². The summed E-state index contributed by atoms with van der Waals surface area (Å²) >= 11 is 0. The second-order valence-corrected chi connectivity index (χ2v) is 9.50. The third-order valence-corrected chi connectivity index (χ3v) is 7.80. The van der Waals surface area contributed by atoms with Gasteiger partial charge in [0.05, 0.1) is 17.2 Å². The largest absolute Gasteiger partial charge is 0.419 e. The first-order chi connectivity index (χ1) is 16.6. The molecule has 7 heteroatoms. The lowest BCUT2D eigenvalue weighted by molar-refractivity contribution is -0.274. The summed E-state index contributed by atoms with van der Waals surface area (Å²) < 4.78 is 12.3. The number of morpholine rings is 1. The summed E-state index contributed by atoms with van der Waals surface area (Å²) in [7, 11) is 0. The number of nitrogens with zero attached hydrogens (tertiary/aromatic N) is 2. The van der Waals surface area contributed by atoms with Crippen molar-refractivity contribution in [3.63, 3.8) is 0 Å². The van der Waals surface area contributed by atoms with Gasteiger partial charge in [-0.2, -0.15) is 0 Å². The van der Waals surface area contributed by atoms with Gasteiger partial charge in [0, 0.05) is 29.7 Å². The molecule has 5 fully saturated rings. The molecule has 174 valence electrons. The minimum atomic E-state index is -0.819. The molecule has 1 N–H and O–H groups in total. The molecule has 2 amide bonds. The van der Waals surface area contributed by atoms with Crippen LogP contribution in [0.4, 0.5) is 4.79 Å². The van der Waals surface area contributed by atoms with Crippen molar-refractivity contribution in [1.82, 2.24) is 15.2 Å². The number of carbonyl (C=O) groups excluding carboxylic acids is 2. The zero-order valence-corrected chi connectivity index (χ0v) is 19.1. The van der Waals surface area contributed by atoms with Gasteiger partial charge in [-0.3, -0.25) is 20.0 Å². The molecule has 6 heterocycles. The molecule has 0 radical (unpaired) electrons. The molecule has 3 aromatic rings. The van der Waals surface area contributed by atoms with Gasteiger partial charge in [-0.05, 0) is 73.7 Å². The molecule has 1 unspecified atom stereocenters. The van der Waals surface area contributed by atoms with Gasteiger partial charge in [-0.25, -0.2) is 4.79 Å². The van der Waals surface area contributed by atoms with Crippen LogP contribution in [0.3, 0.4) is 0 Å². The standard InChI is InChI=1S/C27H27N3O4/c1-2-27-16-30-13-11-18(27)14-23(30)24(34-27)20-10-12-28-22-9-8-19(15-21(20)22)33-26(32)29-25(31)17-6-4-3-5-7-17/h3-10,12,15,18,23-24H,2,11,13-14,16H2,1H3,(H,29,31,32)/t18-,23+,24-,27-/m0/s1. The molecule has 5 aliphatic rings. The van der Waals surface area contributed by atoms with E-state index >= 15 is 0 Å². The minimum absolute atomic E-state index is 0.0421. The van der Waals surface area contributed by atoms with E-state index in [4.69, 9.17) is 9.47 Å². The maximum Gasteiger partial charge on any atom is 0.419 e. The number of amides is 2. The number of nitrogens with one attached hydrogen (secondary N) is 1. The van der Waals surface area contributed by atoms with Crippen molar-refractivity contribution in [3.8, 4) is 5.75 Å². The number of hydrogen-bond acceptors (Lipinski definition) is 6. The number of pyridine rings is 1. The number of ether oxygens (including phenoxy) is 2. The van der Waals surface area contributed by atoms with Crippen LogP contribution in [0.2, 0.25) is 0 Å². The van der Waals surface area contributed by atoms with Crippen LogP contribution >= 0.6 is 0 Å². The maximum absolute atomic E-state index is 12.4. The van der Waals surface area contributed by atoms with Crippen molar-refractivity contribution >= 4 is 22.9 Å². The number of carbonyl (C=O) groups is 2. The minimum Gasteiger partial charge on any atom is -0.410 e. The molecule has 5 atom stereocenters. The Bertz CT molecular complexity index is 1260. The Balaban J connectivity index is 1.27. The van der Waals surface area contributed by atoms with Gasteiger partial charge in [0.2, 0.25) is 0 Å². The molecular weight excluding hydrogens is 430 g/mol. The van der Waals surface area contributed by atoms with Gasteiger partial charge >= 0.3 is 6.09 Å². The third-order valence-electron chi connectivity index (χ3n) is 7.80.